The number of alkyl halides is 3. The quantitative estimate of drug-likeness (QED) is 0.277. The molecule has 1 aromatic heterocycles. The molecular weight excluding hydrogens is 507 g/mol. The average Bonchev–Trinajstić information content (AvgIpc) is 3.34. The Hall–Kier alpha value is -3.59. The molecule has 0 spiro atoms. The van der Waals surface area contributed by atoms with Gasteiger partial charge in [-0.25, -0.2) is 0 Å². The standard InChI is InChI=1S/C30H36F3N3O3/c1-23(2)15-17-36(29(38)25-11-13-26(14-12-25)30(31,32)33)22-28(37)35(18-19-39-3)21-27-10-7-16-34(27)20-24-8-5-4-6-9-24/h4-14,16,23H,15,17-22H2,1-3H3. The molecule has 0 bridgehead atoms. The fourth-order valence-electron chi connectivity index (χ4n) is 4.13. The van der Waals surface area contributed by atoms with Crippen molar-refractivity contribution in [2.75, 3.05) is 33.4 Å². The first kappa shape index (κ1) is 30.0. The fourth-order valence-corrected chi connectivity index (χ4v) is 4.13. The lowest BCUT2D eigenvalue weighted by molar-refractivity contribution is -0.137. The number of aromatic nitrogens is 1. The Bertz CT molecular complexity index is 1190. The van der Waals surface area contributed by atoms with Gasteiger partial charge in [0.15, 0.2) is 0 Å². The summed E-state index contributed by atoms with van der Waals surface area (Å²) in [5, 5.41) is 0. The summed E-state index contributed by atoms with van der Waals surface area (Å²) >= 11 is 0. The summed E-state index contributed by atoms with van der Waals surface area (Å²) in [5.74, 6) is -0.464. The fraction of sp³-hybridized carbons (Fsp3) is 0.400. The zero-order chi connectivity index (χ0) is 28.4. The molecule has 0 saturated heterocycles. The van der Waals surface area contributed by atoms with Gasteiger partial charge in [0.25, 0.3) is 5.91 Å². The van der Waals surface area contributed by atoms with Gasteiger partial charge in [-0.1, -0.05) is 44.2 Å². The van der Waals surface area contributed by atoms with E-state index in [-0.39, 0.29) is 23.9 Å². The Kier molecular flexibility index (Phi) is 10.7. The average molecular weight is 544 g/mol. The van der Waals surface area contributed by atoms with Gasteiger partial charge < -0.3 is 19.1 Å². The van der Waals surface area contributed by atoms with Crippen molar-refractivity contribution in [2.24, 2.45) is 5.92 Å². The van der Waals surface area contributed by atoms with Gasteiger partial charge in [-0.05, 0) is 54.3 Å². The van der Waals surface area contributed by atoms with Crippen LogP contribution in [0.2, 0.25) is 0 Å². The van der Waals surface area contributed by atoms with E-state index in [1.165, 1.54) is 4.90 Å². The molecular formula is C30H36F3N3O3. The first-order chi connectivity index (χ1) is 18.6. The van der Waals surface area contributed by atoms with Crippen molar-refractivity contribution in [1.29, 1.82) is 0 Å². The van der Waals surface area contributed by atoms with Crippen molar-refractivity contribution in [1.82, 2.24) is 14.4 Å². The minimum Gasteiger partial charge on any atom is -0.383 e. The number of carbonyl (C=O) groups excluding carboxylic acids is 2. The molecule has 210 valence electrons. The van der Waals surface area contributed by atoms with Gasteiger partial charge in [-0.3, -0.25) is 9.59 Å². The van der Waals surface area contributed by atoms with Crippen LogP contribution in [0.15, 0.2) is 72.9 Å². The minimum absolute atomic E-state index is 0.111. The van der Waals surface area contributed by atoms with Gasteiger partial charge in [0, 0.05) is 44.2 Å². The van der Waals surface area contributed by atoms with E-state index in [2.05, 4.69) is 4.57 Å². The number of halogens is 3. The Morgan fingerprint density at radius 3 is 2.23 bits per heavy atom. The van der Waals surface area contributed by atoms with E-state index in [0.717, 1.165) is 35.5 Å². The van der Waals surface area contributed by atoms with Crippen LogP contribution in [0.4, 0.5) is 13.2 Å². The van der Waals surface area contributed by atoms with E-state index in [0.29, 0.717) is 39.2 Å². The van der Waals surface area contributed by atoms with Crippen LogP contribution in [-0.2, 0) is 28.8 Å². The molecule has 0 radical (unpaired) electrons. The first-order valence-corrected chi connectivity index (χ1v) is 13.0. The number of carbonyl (C=O) groups is 2. The molecule has 0 atom stereocenters. The summed E-state index contributed by atoms with van der Waals surface area (Å²) in [6.07, 6.45) is -1.88. The number of benzene rings is 2. The van der Waals surface area contributed by atoms with Crippen LogP contribution in [0, 0.1) is 5.92 Å². The second-order valence-electron chi connectivity index (χ2n) is 9.91. The zero-order valence-corrected chi connectivity index (χ0v) is 22.7. The molecule has 3 aromatic rings. The van der Waals surface area contributed by atoms with Crippen molar-refractivity contribution in [3.05, 3.63) is 95.3 Å². The molecule has 3 rings (SSSR count). The van der Waals surface area contributed by atoms with Crippen LogP contribution < -0.4 is 0 Å². The van der Waals surface area contributed by atoms with Gasteiger partial charge in [0.2, 0.25) is 5.91 Å². The van der Waals surface area contributed by atoms with Crippen LogP contribution in [0.5, 0.6) is 0 Å². The maximum absolute atomic E-state index is 13.5. The number of hydrogen-bond acceptors (Lipinski definition) is 3. The molecule has 1 heterocycles. The minimum atomic E-state index is -4.49. The molecule has 0 N–H and O–H groups in total. The van der Waals surface area contributed by atoms with E-state index < -0.39 is 17.6 Å². The van der Waals surface area contributed by atoms with Crippen molar-refractivity contribution >= 4 is 11.8 Å². The smallest absolute Gasteiger partial charge is 0.383 e. The SMILES string of the molecule is COCCN(Cc1cccn1Cc1ccccc1)C(=O)CN(CCC(C)C)C(=O)c1ccc(C(F)(F)F)cc1. The summed E-state index contributed by atoms with van der Waals surface area (Å²) < 4.78 is 46.3. The second kappa shape index (κ2) is 14.0. The molecule has 0 aliphatic heterocycles. The topological polar surface area (TPSA) is 54.8 Å². The highest BCUT2D eigenvalue weighted by Crippen LogP contribution is 2.29. The van der Waals surface area contributed by atoms with Gasteiger partial charge in [0.05, 0.1) is 18.7 Å². The molecule has 6 nitrogen and oxygen atoms in total. The largest absolute Gasteiger partial charge is 0.416 e. The number of ether oxygens (including phenoxy) is 1. The van der Waals surface area contributed by atoms with Crippen LogP contribution in [0.1, 0.15) is 47.4 Å². The molecule has 0 aliphatic carbocycles. The monoisotopic (exact) mass is 543 g/mol. The first-order valence-electron chi connectivity index (χ1n) is 13.0. The van der Waals surface area contributed by atoms with Crippen LogP contribution in [0.3, 0.4) is 0 Å². The Labute approximate surface area is 228 Å². The summed E-state index contributed by atoms with van der Waals surface area (Å²) in [6.45, 7) is 5.78. The lowest BCUT2D eigenvalue weighted by Crippen LogP contribution is -2.44. The molecule has 9 heteroatoms. The van der Waals surface area contributed by atoms with E-state index in [9.17, 15) is 22.8 Å². The van der Waals surface area contributed by atoms with E-state index in [1.54, 1.807) is 12.0 Å². The van der Waals surface area contributed by atoms with Gasteiger partial charge in [-0.2, -0.15) is 13.2 Å². The third kappa shape index (κ3) is 8.99. The highest BCUT2D eigenvalue weighted by Gasteiger charge is 2.31. The molecule has 2 amide bonds. The molecule has 0 fully saturated rings. The van der Waals surface area contributed by atoms with Crippen molar-refractivity contribution in [3.8, 4) is 0 Å². The maximum atomic E-state index is 13.5. The second-order valence-corrected chi connectivity index (χ2v) is 9.91. The lowest BCUT2D eigenvalue weighted by Gasteiger charge is -2.28. The van der Waals surface area contributed by atoms with Gasteiger partial charge >= 0.3 is 6.18 Å². The molecule has 39 heavy (non-hydrogen) atoms. The number of amides is 2. The third-order valence-corrected chi connectivity index (χ3v) is 6.44. The molecule has 0 aliphatic rings. The summed E-state index contributed by atoms with van der Waals surface area (Å²) in [7, 11) is 1.56. The predicted molar refractivity (Wildman–Crippen MR) is 144 cm³/mol. The predicted octanol–water partition coefficient (Wildman–Crippen LogP) is 5.72. The van der Waals surface area contributed by atoms with E-state index >= 15 is 0 Å². The Morgan fingerprint density at radius 2 is 1.62 bits per heavy atom. The highest BCUT2D eigenvalue weighted by atomic mass is 19.4. The number of rotatable bonds is 13. The summed E-state index contributed by atoms with van der Waals surface area (Å²) in [5.41, 5.74) is 1.35. The molecule has 0 unspecified atom stereocenters. The molecule has 0 saturated carbocycles. The lowest BCUT2D eigenvalue weighted by atomic mass is 10.1. The summed E-state index contributed by atoms with van der Waals surface area (Å²) in [4.78, 5) is 29.9. The normalized spacial score (nSPS) is 11.6. The van der Waals surface area contributed by atoms with Gasteiger partial charge in [0.1, 0.15) is 6.54 Å². The third-order valence-electron chi connectivity index (χ3n) is 6.44. The zero-order valence-electron chi connectivity index (χ0n) is 22.7. The number of nitrogens with zero attached hydrogens (tertiary/aromatic N) is 3. The van der Waals surface area contributed by atoms with Crippen LogP contribution in [-0.4, -0.2) is 59.5 Å². The molecule has 2 aromatic carbocycles. The number of hydrogen-bond donors (Lipinski definition) is 0. The summed E-state index contributed by atoms with van der Waals surface area (Å²) in [6, 6.07) is 18.0. The highest BCUT2D eigenvalue weighted by molar-refractivity contribution is 5.96. The Balaban J connectivity index is 1.78. The number of methoxy groups -OCH3 is 1. The van der Waals surface area contributed by atoms with Crippen molar-refractivity contribution < 1.29 is 27.5 Å². The van der Waals surface area contributed by atoms with Crippen LogP contribution >= 0.6 is 0 Å². The van der Waals surface area contributed by atoms with Crippen molar-refractivity contribution in [3.63, 3.8) is 0 Å². The van der Waals surface area contributed by atoms with Crippen molar-refractivity contribution in [2.45, 2.75) is 39.5 Å². The van der Waals surface area contributed by atoms with Gasteiger partial charge in [-0.15, -0.1) is 0 Å². The Morgan fingerprint density at radius 1 is 0.923 bits per heavy atom. The van der Waals surface area contributed by atoms with Crippen LogP contribution in [0.25, 0.3) is 0 Å². The van der Waals surface area contributed by atoms with E-state index in [1.807, 2.05) is 62.5 Å². The van der Waals surface area contributed by atoms with E-state index in [4.69, 9.17) is 4.74 Å². The maximum Gasteiger partial charge on any atom is 0.416 e.